The number of nitrogens with zero attached hydrogens (tertiary/aromatic N) is 1. The van der Waals surface area contributed by atoms with Crippen LogP contribution in [0.25, 0.3) is 0 Å². The van der Waals surface area contributed by atoms with Crippen molar-refractivity contribution in [2.24, 2.45) is 5.92 Å². The summed E-state index contributed by atoms with van der Waals surface area (Å²) >= 11 is 0. The van der Waals surface area contributed by atoms with Crippen LogP contribution in [0, 0.1) is 5.92 Å². The summed E-state index contributed by atoms with van der Waals surface area (Å²) in [5.74, 6) is 0.470. The average Bonchev–Trinajstić information content (AvgIpc) is 1.97. The van der Waals surface area contributed by atoms with Gasteiger partial charge in [0.2, 0.25) is 0 Å². The highest BCUT2D eigenvalue weighted by atomic mass is 16.6. The van der Waals surface area contributed by atoms with E-state index in [1.165, 1.54) is 0 Å². The molecule has 0 saturated carbocycles. The van der Waals surface area contributed by atoms with Crippen LogP contribution in [0.1, 0.15) is 41.5 Å². The Balaban J connectivity index is 4.26. The van der Waals surface area contributed by atoms with Crippen LogP contribution in [-0.4, -0.2) is 29.7 Å². The Morgan fingerprint density at radius 3 is 1.93 bits per heavy atom. The molecule has 0 aliphatic rings. The molecule has 0 bridgehead atoms. The summed E-state index contributed by atoms with van der Waals surface area (Å²) in [7, 11) is 0. The van der Waals surface area contributed by atoms with Crippen LogP contribution in [0.3, 0.4) is 0 Å². The zero-order chi connectivity index (χ0) is 11.3. The van der Waals surface area contributed by atoms with Crippen molar-refractivity contribution in [2.45, 2.75) is 53.7 Å². The van der Waals surface area contributed by atoms with Gasteiger partial charge in [-0.05, 0) is 33.6 Å². The molecule has 0 aliphatic carbocycles. The van der Waals surface area contributed by atoms with Gasteiger partial charge in [0.15, 0.2) is 0 Å². The second-order valence-corrected chi connectivity index (χ2v) is 4.57. The SMILES string of the molecule is CC(C)CN(C(=O)OC(C)C)C(C)C. The maximum absolute atomic E-state index is 11.6. The van der Waals surface area contributed by atoms with Crippen molar-refractivity contribution in [3.8, 4) is 0 Å². The van der Waals surface area contributed by atoms with Crippen molar-refractivity contribution in [1.82, 2.24) is 4.90 Å². The van der Waals surface area contributed by atoms with Gasteiger partial charge in [-0.1, -0.05) is 13.8 Å². The lowest BCUT2D eigenvalue weighted by Gasteiger charge is -2.28. The van der Waals surface area contributed by atoms with Gasteiger partial charge in [-0.3, -0.25) is 0 Å². The van der Waals surface area contributed by atoms with Crippen molar-refractivity contribution < 1.29 is 9.53 Å². The first kappa shape index (κ1) is 13.3. The highest BCUT2D eigenvalue weighted by molar-refractivity contribution is 5.68. The number of hydrogen-bond donors (Lipinski definition) is 0. The summed E-state index contributed by atoms with van der Waals surface area (Å²) in [6, 6.07) is 0.198. The topological polar surface area (TPSA) is 29.5 Å². The zero-order valence-corrected chi connectivity index (χ0v) is 10.2. The van der Waals surface area contributed by atoms with Crippen molar-refractivity contribution in [3.63, 3.8) is 0 Å². The summed E-state index contributed by atoms with van der Waals surface area (Å²) in [5.41, 5.74) is 0. The zero-order valence-electron chi connectivity index (χ0n) is 10.2. The minimum atomic E-state index is -0.205. The van der Waals surface area contributed by atoms with E-state index in [0.29, 0.717) is 5.92 Å². The number of hydrogen-bond acceptors (Lipinski definition) is 2. The highest BCUT2D eigenvalue weighted by Gasteiger charge is 2.19. The second kappa shape index (κ2) is 5.89. The maximum atomic E-state index is 11.6. The smallest absolute Gasteiger partial charge is 0.410 e. The molecule has 0 unspecified atom stereocenters. The Hall–Kier alpha value is -0.730. The summed E-state index contributed by atoms with van der Waals surface area (Å²) in [6.07, 6.45) is -0.250. The molecule has 84 valence electrons. The molecule has 0 N–H and O–H groups in total. The first-order chi connectivity index (χ1) is 6.34. The molecule has 1 amide bonds. The molecule has 14 heavy (non-hydrogen) atoms. The lowest BCUT2D eigenvalue weighted by molar-refractivity contribution is 0.0638. The van der Waals surface area contributed by atoms with E-state index in [9.17, 15) is 4.79 Å². The Morgan fingerprint density at radius 2 is 1.64 bits per heavy atom. The molecule has 0 heterocycles. The average molecular weight is 201 g/mol. The fourth-order valence-corrected chi connectivity index (χ4v) is 1.16. The lowest BCUT2D eigenvalue weighted by Crippen LogP contribution is -2.40. The number of carbonyl (C=O) groups is 1. The quantitative estimate of drug-likeness (QED) is 0.700. The van der Waals surface area contributed by atoms with E-state index in [0.717, 1.165) is 6.54 Å². The molecular formula is C11H23NO2. The van der Waals surface area contributed by atoms with Crippen LogP contribution in [-0.2, 0) is 4.74 Å². The van der Waals surface area contributed by atoms with Crippen LogP contribution < -0.4 is 0 Å². The third-order valence-corrected chi connectivity index (χ3v) is 1.76. The third kappa shape index (κ3) is 5.10. The Morgan fingerprint density at radius 1 is 1.14 bits per heavy atom. The Kier molecular flexibility index (Phi) is 5.58. The molecule has 0 aliphatic heterocycles. The molecule has 0 spiro atoms. The minimum absolute atomic E-state index is 0.0455. The molecule has 0 radical (unpaired) electrons. The van der Waals surface area contributed by atoms with Gasteiger partial charge < -0.3 is 9.64 Å². The van der Waals surface area contributed by atoms with E-state index in [4.69, 9.17) is 4.74 Å². The number of rotatable bonds is 4. The molecule has 3 heteroatoms. The van der Waals surface area contributed by atoms with Crippen molar-refractivity contribution in [3.05, 3.63) is 0 Å². The van der Waals surface area contributed by atoms with Crippen molar-refractivity contribution in [2.75, 3.05) is 6.54 Å². The second-order valence-electron chi connectivity index (χ2n) is 4.57. The number of amides is 1. The maximum Gasteiger partial charge on any atom is 0.410 e. The van der Waals surface area contributed by atoms with E-state index in [2.05, 4.69) is 13.8 Å². The van der Waals surface area contributed by atoms with Crippen LogP contribution in [0.5, 0.6) is 0 Å². The molecule has 0 atom stereocenters. The van der Waals surface area contributed by atoms with Gasteiger partial charge in [0, 0.05) is 12.6 Å². The Bertz CT molecular complexity index is 176. The molecule has 0 saturated heterocycles. The van der Waals surface area contributed by atoms with E-state index in [1.807, 2.05) is 27.7 Å². The standard InChI is InChI=1S/C11H23NO2/c1-8(2)7-12(9(3)4)11(13)14-10(5)6/h8-10H,7H2,1-6H3. The molecule has 0 aromatic heterocycles. The van der Waals surface area contributed by atoms with Gasteiger partial charge in [-0.2, -0.15) is 0 Å². The molecule has 3 nitrogen and oxygen atoms in total. The normalized spacial score (nSPS) is 11.2. The van der Waals surface area contributed by atoms with Gasteiger partial charge in [0.25, 0.3) is 0 Å². The third-order valence-electron chi connectivity index (χ3n) is 1.76. The summed E-state index contributed by atoms with van der Waals surface area (Å²) in [6.45, 7) is 12.7. The Labute approximate surface area is 87.4 Å². The summed E-state index contributed by atoms with van der Waals surface area (Å²) < 4.78 is 5.16. The molecular weight excluding hydrogens is 178 g/mol. The van der Waals surface area contributed by atoms with Gasteiger partial charge in [-0.15, -0.1) is 0 Å². The predicted molar refractivity (Wildman–Crippen MR) is 58.3 cm³/mol. The van der Waals surface area contributed by atoms with Gasteiger partial charge in [0.05, 0.1) is 6.10 Å². The van der Waals surface area contributed by atoms with Crippen LogP contribution >= 0.6 is 0 Å². The van der Waals surface area contributed by atoms with Gasteiger partial charge in [-0.25, -0.2) is 4.79 Å². The van der Waals surface area contributed by atoms with Gasteiger partial charge >= 0.3 is 6.09 Å². The first-order valence-corrected chi connectivity index (χ1v) is 5.31. The van der Waals surface area contributed by atoms with E-state index in [1.54, 1.807) is 4.90 Å². The van der Waals surface area contributed by atoms with Gasteiger partial charge in [0.1, 0.15) is 0 Å². The van der Waals surface area contributed by atoms with E-state index in [-0.39, 0.29) is 18.2 Å². The number of carbonyl (C=O) groups excluding carboxylic acids is 1. The molecule has 0 fully saturated rings. The lowest BCUT2D eigenvalue weighted by atomic mass is 10.2. The van der Waals surface area contributed by atoms with Crippen LogP contribution in [0.15, 0.2) is 0 Å². The number of ether oxygens (including phenoxy) is 1. The fraction of sp³-hybridized carbons (Fsp3) is 0.909. The highest BCUT2D eigenvalue weighted by Crippen LogP contribution is 2.07. The van der Waals surface area contributed by atoms with Crippen LogP contribution in [0.4, 0.5) is 4.79 Å². The predicted octanol–water partition coefficient (Wildman–Crippen LogP) is 2.90. The van der Waals surface area contributed by atoms with E-state index < -0.39 is 0 Å². The molecule has 0 aromatic carbocycles. The summed E-state index contributed by atoms with van der Waals surface area (Å²) in [5, 5.41) is 0. The monoisotopic (exact) mass is 201 g/mol. The molecule has 0 aromatic rings. The van der Waals surface area contributed by atoms with Crippen LogP contribution in [0.2, 0.25) is 0 Å². The first-order valence-electron chi connectivity index (χ1n) is 5.31. The fourth-order valence-electron chi connectivity index (χ4n) is 1.16. The summed E-state index contributed by atoms with van der Waals surface area (Å²) in [4.78, 5) is 13.4. The van der Waals surface area contributed by atoms with E-state index >= 15 is 0 Å². The molecule has 0 rings (SSSR count). The largest absolute Gasteiger partial charge is 0.447 e. The van der Waals surface area contributed by atoms with Crippen molar-refractivity contribution >= 4 is 6.09 Å². The van der Waals surface area contributed by atoms with Crippen molar-refractivity contribution in [1.29, 1.82) is 0 Å². The minimum Gasteiger partial charge on any atom is -0.447 e.